The van der Waals surface area contributed by atoms with Gasteiger partial charge in [0.15, 0.2) is 0 Å². The second-order valence-electron chi connectivity index (χ2n) is 7.60. The Morgan fingerprint density at radius 2 is 1.92 bits per heavy atom. The van der Waals surface area contributed by atoms with Gasteiger partial charge in [-0.2, -0.15) is 4.31 Å². The van der Waals surface area contributed by atoms with Gasteiger partial charge in [0.05, 0.1) is 10.8 Å². The minimum absolute atomic E-state index is 0.0295. The third kappa shape index (κ3) is 3.08. The van der Waals surface area contributed by atoms with Crippen LogP contribution in [0.1, 0.15) is 31.2 Å². The van der Waals surface area contributed by atoms with Gasteiger partial charge < -0.3 is 4.90 Å². The van der Waals surface area contributed by atoms with E-state index in [4.69, 9.17) is 0 Å². The van der Waals surface area contributed by atoms with E-state index in [1.165, 1.54) is 16.4 Å². The molecule has 2 bridgehead atoms. The Hall–Kier alpha value is -1.47. The fourth-order valence-corrected chi connectivity index (χ4v) is 5.43. The lowest BCUT2D eigenvalue weighted by atomic mass is 9.94. The van der Waals surface area contributed by atoms with Crippen molar-refractivity contribution in [2.45, 2.75) is 43.5 Å². The molecule has 3 heterocycles. The fourth-order valence-electron chi connectivity index (χ4n) is 3.90. The summed E-state index contributed by atoms with van der Waals surface area (Å²) < 4.78 is 41.2. The number of nitrogens with zero attached hydrogens (tertiary/aromatic N) is 2. The Bertz CT molecular complexity index is 807. The maximum Gasteiger partial charge on any atom is 0.243 e. The number of sulfonamides is 1. The highest BCUT2D eigenvalue weighted by Gasteiger charge is 2.45. The van der Waals surface area contributed by atoms with E-state index in [0.29, 0.717) is 18.0 Å². The maximum absolute atomic E-state index is 13.9. The number of amides is 1. The first kappa shape index (κ1) is 17.0. The number of hydrogen-bond acceptors (Lipinski definition) is 3. The van der Waals surface area contributed by atoms with E-state index >= 15 is 0 Å². The van der Waals surface area contributed by atoms with Crippen LogP contribution in [0.5, 0.6) is 0 Å². The summed E-state index contributed by atoms with van der Waals surface area (Å²) in [5, 5.41) is 0. The minimum atomic E-state index is -3.80. The van der Waals surface area contributed by atoms with Gasteiger partial charge >= 0.3 is 0 Å². The number of halogens is 1. The highest BCUT2D eigenvalue weighted by Crippen LogP contribution is 2.36. The first-order valence-electron chi connectivity index (χ1n) is 8.93. The maximum atomic E-state index is 13.9. The average molecular weight is 366 g/mol. The predicted molar refractivity (Wildman–Crippen MR) is 90.8 cm³/mol. The van der Waals surface area contributed by atoms with Crippen molar-refractivity contribution in [3.63, 3.8) is 0 Å². The molecular formula is C18H23FN2O3S. The van der Waals surface area contributed by atoms with Crippen LogP contribution in [0.25, 0.3) is 0 Å². The summed E-state index contributed by atoms with van der Waals surface area (Å²) >= 11 is 0. The van der Waals surface area contributed by atoms with Gasteiger partial charge in [0.2, 0.25) is 15.9 Å². The molecule has 5 rings (SSSR count). The smallest absolute Gasteiger partial charge is 0.243 e. The molecule has 136 valence electrons. The molecule has 0 spiro atoms. The van der Waals surface area contributed by atoms with Crippen LogP contribution < -0.4 is 0 Å². The van der Waals surface area contributed by atoms with Crippen molar-refractivity contribution in [3.8, 4) is 0 Å². The highest BCUT2D eigenvalue weighted by atomic mass is 32.2. The lowest BCUT2D eigenvalue weighted by molar-refractivity contribution is -0.140. The molecular weight excluding hydrogens is 343 g/mol. The van der Waals surface area contributed by atoms with Crippen molar-refractivity contribution in [1.29, 1.82) is 0 Å². The monoisotopic (exact) mass is 366 g/mol. The van der Waals surface area contributed by atoms with Crippen molar-refractivity contribution >= 4 is 15.9 Å². The Balaban J connectivity index is 1.62. The summed E-state index contributed by atoms with van der Waals surface area (Å²) in [5.74, 6) is -0.122. The van der Waals surface area contributed by atoms with Crippen LogP contribution in [0.2, 0.25) is 0 Å². The number of benzene rings is 1. The van der Waals surface area contributed by atoms with E-state index in [-0.39, 0.29) is 29.3 Å². The molecule has 4 fully saturated rings. The molecule has 0 N–H and O–H groups in total. The first-order valence-corrected chi connectivity index (χ1v) is 10.4. The van der Waals surface area contributed by atoms with Gasteiger partial charge in [-0.05, 0) is 56.2 Å². The highest BCUT2D eigenvalue weighted by molar-refractivity contribution is 7.89. The molecule has 1 aliphatic carbocycles. The second-order valence-corrected chi connectivity index (χ2v) is 9.53. The van der Waals surface area contributed by atoms with Crippen LogP contribution in [-0.2, 0) is 14.8 Å². The Kier molecular flexibility index (Phi) is 4.11. The number of hydrogen-bond donors (Lipinski definition) is 0. The van der Waals surface area contributed by atoms with Gasteiger partial charge in [-0.3, -0.25) is 4.79 Å². The molecule has 0 unspecified atom stereocenters. The van der Waals surface area contributed by atoms with E-state index in [1.54, 1.807) is 6.92 Å². The Morgan fingerprint density at radius 3 is 2.60 bits per heavy atom. The van der Waals surface area contributed by atoms with Crippen LogP contribution in [0.15, 0.2) is 23.1 Å². The number of rotatable bonds is 4. The molecule has 25 heavy (non-hydrogen) atoms. The van der Waals surface area contributed by atoms with Gasteiger partial charge in [-0.25, -0.2) is 12.8 Å². The average Bonchev–Trinajstić information content (AvgIpc) is 3.40. The van der Waals surface area contributed by atoms with E-state index < -0.39 is 15.8 Å². The lowest BCUT2D eigenvalue weighted by Gasteiger charge is -2.36. The molecule has 1 amide bonds. The quantitative estimate of drug-likeness (QED) is 0.820. The summed E-state index contributed by atoms with van der Waals surface area (Å²) in [4.78, 5) is 14.6. The summed E-state index contributed by atoms with van der Waals surface area (Å²) in [7, 11) is -3.80. The molecule has 0 aromatic heterocycles. The number of piperidine rings is 1. The number of fused-ring (bicyclic) bond motifs is 4. The SMILES string of the molecule is Cc1ccc(S(=O)(=O)N2C[C@@H]3CC[C@H](C2)N(CC2CC2)C3=O)cc1F. The molecule has 4 aliphatic rings. The largest absolute Gasteiger partial charge is 0.338 e. The molecule has 2 atom stereocenters. The van der Waals surface area contributed by atoms with Crippen LogP contribution in [0.3, 0.4) is 0 Å². The predicted octanol–water partition coefficient (Wildman–Crippen LogP) is 2.16. The van der Waals surface area contributed by atoms with Crippen molar-refractivity contribution in [2.24, 2.45) is 11.8 Å². The zero-order chi connectivity index (χ0) is 17.8. The molecule has 1 aromatic carbocycles. The zero-order valence-corrected chi connectivity index (χ0v) is 15.1. The van der Waals surface area contributed by atoms with Crippen LogP contribution >= 0.6 is 0 Å². The lowest BCUT2D eigenvalue weighted by Crippen LogP contribution is -2.48. The normalized spacial score (nSPS) is 27.6. The molecule has 5 nitrogen and oxygen atoms in total. The van der Waals surface area contributed by atoms with Crippen LogP contribution in [0, 0.1) is 24.6 Å². The number of carbonyl (C=O) groups excluding carboxylic acids is 1. The van der Waals surface area contributed by atoms with Gasteiger partial charge in [-0.15, -0.1) is 0 Å². The zero-order valence-electron chi connectivity index (χ0n) is 14.3. The van der Waals surface area contributed by atoms with Gasteiger partial charge in [0.25, 0.3) is 0 Å². The van der Waals surface area contributed by atoms with Gasteiger partial charge in [0, 0.05) is 25.7 Å². The van der Waals surface area contributed by atoms with Crippen LogP contribution in [0.4, 0.5) is 4.39 Å². The van der Waals surface area contributed by atoms with Crippen molar-refractivity contribution in [1.82, 2.24) is 9.21 Å². The Labute approximate surface area is 147 Å². The van der Waals surface area contributed by atoms with E-state index in [0.717, 1.165) is 38.3 Å². The summed E-state index contributed by atoms with van der Waals surface area (Å²) in [6, 6.07) is 3.96. The second kappa shape index (κ2) is 6.06. The summed E-state index contributed by atoms with van der Waals surface area (Å²) in [5.41, 5.74) is 0.417. The number of aryl methyl sites for hydroxylation is 1. The van der Waals surface area contributed by atoms with Crippen molar-refractivity contribution in [3.05, 3.63) is 29.6 Å². The first-order chi connectivity index (χ1) is 11.9. The molecule has 1 aromatic rings. The molecule has 1 saturated carbocycles. The van der Waals surface area contributed by atoms with Crippen molar-refractivity contribution in [2.75, 3.05) is 19.6 Å². The third-order valence-corrected chi connectivity index (χ3v) is 7.52. The molecule has 0 radical (unpaired) electrons. The van der Waals surface area contributed by atoms with Crippen molar-refractivity contribution < 1.29 is 17.6 Å². The topological polar surface area (TPSA) is 57.7 Å². The van der Waals surface area contributed by atoms with E-state index in [2.05, 4.69) is 0 Å². The third-order valence-electron chi connectivity index (χ3n) is 5.69. The van der Waals surface area contributed by atoms with Gasteiger partial charge in [0.1, 0.15) is 5.82 Å². The molecule has 3 aliphatic heterocycles. The summed E-state index contributed by atoms with van der Waals surface area (Å²) in [6.07, 6.45) is 3.90. The molecule has 7 heteroatoms. The van der Waals surface area contributed by atoms with E-state index in [9.17, 15) is 17.6 Å². The van der Waals surface area contributed by atoms with E-state index in [1.807, 2.05) is 4.90 Å². The van der Waals surface area contributed by atoms with Gasteiger partial charge in [-0.1, -0.05) is 6.07 Å². The standard InChI is InChI=1S/C18H23FN2O3S/c1-12-2-7-16(8-17(12)19)25(23,24)20-10-14-5-6-15(11-20)21(18(14)22)9-13-3-4-13/h2,7-8,13-15H,3-6,9-11H2,1H3/t14-,15+/m0/s1. The summed E-state index contributed by atoms with van der Waals surface area (Å²) in [6.45, 7) is 2.88. The minimum Gasteiger partial charge on any atom is -0.338 e. The fraction of sp³-hybridized carbons (Fsp3) is 0.611. The van der Waals surface area contributed by atoms with Crippen LogP contribution in [-0.4, -0.2) is 49.2 Å². The Morgan fingerprint density at radius 1 is 1.16 bits per heavy atom. The molecule has 3 saturated heterocycles. The number of carbonyl (C=O) groups is 1.